The number of hydrogen-bond donors (Lipinski definition) is 2. The molecule has 0 aliphatic heterocycles. The summed E-state index contributed by atoms with van der Waals surface area (Å²) in [4.78, 5) is 4.23. The van der Waals surface area contributed by atoms with Crippen LogP contribution in [0.1, 0.15) is 24.0 Å². The number of rotatable bonds is 7. The van der Waals surface area contributed by atoms with E-state index in [0.717, 1.165) is 19.0 Å². The Hall–Kier alpha value is -1.16. The van der Waals surface area contributed by atoms with Gasteiger partial charge in [-0.15, -0.1) is 0 Å². The van der Waals surface area contributed by atoms with Crippen molar-refractivity contribution in [1.82, 2.24) is 10.6 Å². The van der Waals surface area contributed by atoms with E-state index in [-0.39, 0.29) is 0 Å². The molecule has 0 radical (unpaired) electrons. The molecule has 0 bridgehead atoms. The molecule has 0 unspecified atom stereocenters. The zero-order chi connectivity index (χ0) is 13.9. The van der Waals surface area contributed by atoms with Crippen LogP contribution in [0.25, 0.3) is 0 Å². The maximum atomic E-state index is 4.23. The molecule has 0 saturated carbocycles. The van der Waals surface area contributed by atoms with Gasteiger partial charge in [0.15, 0.2) is 5.96 Å². The Morgan fingerprint density at radius 1 is 1.16 bits per heavy atom. The number of unbranched alkanes of at least 4 members (excludes halogenated alkanes) is 1. The minimum Gasteiger partial charge on any atom is -0.356 e. The van der Waals surface area contributed by atoms with Crippen LogP contribution in [0.2, 0.25) is 0 Å². The lowest BCUT2D eigenvalue weighted by Gasteiger charge is -2.11. The Kier molecular flexibility index (Phi) is 8.14. The van der Waals surface area contributed by atoms with E-state index in [4.69, 9.17) is 0 Å². The highest BCUT2D eigenvalue weighted by Gasteiger charge is 1.97. The van der Waals surface area contributed by atoms with Crippen molar-refractivity contribution in [3.05, 3.63) is 35.4 Å². The molecule has 0 spiro atoms. The van der Waals surface area contributed by atoms with Crippen LogP contribution in [0.4, 0.5) is 0 Å². The van der Waals surface area contributed by atoms with E-state index in [0.29, 0.717) is 0 Å². The van der Waals surface area contributed by atoms with Crippen LogP contribution >= 0.6 is 11.8 Å². The second-order valence-corrected chi connectivity index (χ2v) is 5.52. The fraction of sp³-hybridized carbons (Fsp3) is 0.533. The molecule has 0 amide bonds. The van der Waals surface area contributed by atoms with Crippen molar-refractivity contribution >= 4 is 17.7 Å². The number of nitrogens with one attached hydrogen (secondary N) is 2. The molecule has 1 aromatic rings. The normalized spacial score (nSPS) is 11.4. The first kappa shape index (κ1) is 15.9. The van der Waals surface area contributed by atoms with Gasteiger partial charge in [0.05, 0.1) is 0 Å². The van der Waals surface area contributed by atoms with Crippen molar-refractivity contribution in [2.45, 2.75) is 26.3 Å². The molecule has 1 rings (SSSR count). The Labute approximate surface area is 121 Å². The van der Waals surface area contributed by atoms with Crippen LogP contribution in [0.5, 0.6) is 0 Å². The quantitative estimate of drug-likeness (QED) is 0.458. The smallest absolute Gasteiger partial charge is 0.191 e. The van der Waals surface area contributed by atoms with Gasteiger partial charge < -0.3 is 10.6 Å². The molecule has 1 aromatic carbocycles. The number of hydrogen-bond acceptors (Lipinski definition) is 2. The van der Waals surface area contributed by atoms with Gasteiger partial charge in [-0.05, 0) is 37.3 Å². The predicted molar refractivity (Wildman–Crippen MR) is 87.0 cm³/mol. The summed E-state index contributed by atoms with van der Waals surface area (Å²) in [6.07, 6.45) is 4.59. The first-order valence-electron chi connectivity index (χ1n) is 6.75. The third kappa shape index (κ3) is 7.11. The van der Waals surface area contributed by atoms with Gasteiger partial charge in [0.25, 0.3) is 0 Å². The van der Waals surface area contributed by atoms with Crippen LogP contribution in [-0.2, 0) is 6.54 Å². The fourth-order valence-corrected chi connectivity index (χ4v) is 2.18. The molecule has 0 aliphatic carbocycles. The van der Waals surface area contributed by atoms with Gasteiger partial charge in [-0.3, -0.25) is 4.99 Å². The highest BCUT2D eigenvalue weighted by molar-refractivity contribution is 7.98. The highest BCUT2D eigenvalue weighted by Crippen LogP contribution is 2.02. The van der Waals surface area contributed by atoms with Gasteiger partial charge in [0, 0.05) is 20.1 Å². The van der Waals surface area contributed by atoms with Gasteiger partial charge in [0.2, 0.25) is 0 Å². The summed E-state index contributed by atoms with van der Waals surface area (Å²) in [5, 5.41) is 6.67. The number of guanidine groups is 1. The first-order valence-corrected chi connectivity index (χ1v) is 8.14. The SMILES string of the molecule is CN=C(NCCCCSC)NCc1ccc(C)cc1. The first-order chi connectivity index (χ1) is 9.26. The number of benzene rings is 1. The summed E-state index contributed by atoms with van der Waals surface area (Å²) in [6.45, 7) is 3.89. The Morgan fingerprint density at radius 3 is 2.53 bits per heavy atom. The summed E-state index contributed by atoms with van der Waals surface area (Å²) >= 11 is 1.90. The van der Waals surface area contributed by atoms with Crippen molar-refractivity contribution in [2.24, 2.45) is 4.99 Å². The topological polar surface area (TPSA) is 36.4 Å². The van der Waals surface area contributed by atoms with Gasteiger partial charge in [-0.2, -0.15) is 11.8 Å². The van der Waals surface area contributed by atoms with E-state index in [2.05, 4.69) is 53.1 Å². The third-order valence-electron chi connectivity index (χ3n) is 2.87. The van der Waals surface area contributed by atoms with Crippen molar-refractivity contribution < 1.29 is 0 Å². The summed E-state index contributed by atoms with van der Waals surface area (Å²) < 4.78 is 0. The van der Waals surface area contributed by atoms with Crippen molar-refractivity contribution in [1.29, 1.82) is 0 Å². The Bertz CT molecular complexity index is 373. The van der Waals surface area contributed by atoms with E-state index in [1.807, 2.05) is 18.8 Å². The Morgan fingerprint density at radius 2 is 1.89 bits per heavy atom. The van der Waals surface area contributed by atoms with Gasteiger partial charge >= 0.3 is 0 Å². The van der Waals surface area contributed by atoms with Gasteiger partial charge in [0.1, 0.15) is 0 Å². The predicted octanol–water partition coefficient (Wildman–Crippen LogP) is 2.80. The largest absolute Gasteiger partial charge is 0.356 e. The van der Waals surface area contributed by atoms with Crippen molar-refractivity contribution in [3.63, 3.8) is 0 Å². The van der Waals surface area contributed by atoms with Crippen LogP contribution in [0.15, 0.2) is 29.3 Å². The molecule has 0 aromatic heterocycles. The molecule has 19 heavy (non-hydrogen) atoms. The average molecular weight is 279 g/mol. The van der Waals surface area contributed by atoms with Gasteiger partial charge in [-0.1, -0.05) is 29.8 Å². The molecule has 2 N–H and O–H groups in total. The zero-order valence-corrected chi connectivity index (χ0v) is 13.0. The van der Waals surface area contributed by atoms with Gasteiger partial charge in [-0.25, -0.2) is 0 Å². The molecule has 4 heteroatoms. The minimum atomic E-state index is 0.810. The van der Waals surface area contributed by atoms with Crippen LogP contribution in [0.3, 0.4) is 0 Å². The van der Waals surface area contributed by atoms with Crippen LogP contribution in [-0.4, -0.2) is 31.6 Å². The molecule has 0 atom stereocenters. The molecular formula is C15H25N3S. The maximum absolute atomic E-state index is 4.23. The summed E-state index contributed by atoms with van der Waals surface area (Å²) in [6, 6.07) is 8.56. The lowest BCUT2D eigenvalue weighted by atomic mass is 10.1. The second-order valence-electron chi connectivity index (χ2n) is 4.54. The second kappa shape index (κ2) is 9.73. The lowest BCUT2D eigenvalue weighted by Crippen LogP contribution is -2.37. The fourth-order valence-electron chi connectivity index (χ4n) is 1.69. The van der Waals surface area contributed by atoms with E-state index < -0.39 is 0 Å². The number of thioether (sulfide) groups is 1. The zero-order valence-electron chi connectivity index (χ0n) is 12.2. The maximum Gasteiger partial charge on any atom is 0.191 e. The van der Waals surface area contributed by atoms with Crippen LogP contribution < -0.4 is 10.6 Å². The highest BCUT2D eigenvalue weighted by atomic mass is 32.2. The van der Waals surface area contributed by atoms with E-state index in [1.165, 1.54) is 29.7 Å². The minimum absolute atomic E-state index is 0.810. The summed E-state index contributed by atoms with van der Waals surface area (Å²) in [5.41, 5.74) is 2.57. The molecule has 0 saturated heterocycles. The van der Waals surface area contributed by atoms with Crippen molar-refractivity contribution in [3.8, 4) is 0 Å². The molecular weight excluding hydrogens is 254 g/mol. The molecule has 0 fully saturated rings. The molecule has 106 valence electrons. The molecule has 0 aliphatic rings. The molecule has 0 heterocycles. The standard InChI is InChI=1S/C15H25N3S/c1-13-6-8-14(9-7-13)12-18-15(16-2)17-10-4-5-11-19-3/h6-9H,4-5,10-12H2,1-3H3,(H2,16,17,18). The van der Waals surface area contributed by atoms with E-state index in [9.17, 15) is 0 Å². The lowest BCUT2D eigenvalue weighted by molar-refractivity contribution is 0.733. The Balaban J connectivity index is 2.23. The number of aryl methyl sites for hydroxylation is 1. The van der Waals surface area contributed by atoms with E-state index in [1.54, 1.807) is 0 Å². The monoisotopic (exact) mass is 279 g/mol. The van der Waals surface area contributed by atoms with Crippen molar-refractivity contribution in [2.75, 3.05) is 25.6 Å². The molecule has 3 nitrogen and oxygen atoms in total. The number of nitrogens with zero attached hydrogens (tertiary/aromatic N) is 1. The van der Waals surface area contributed by atoms with Crippen LogP contribution in [0, 0.1) is 6.92 Å². The number of aliphatic imine (C=N–C) groups is 1. The third-order valence-corrected chi connectivity index (χ3v) is 3.57. The van der Waals surface area contributed by atoms with E-state index >= 15 is 0 Å². The summed E-state index contributed by atoms with van der Waals surface area (Å²) in [5.74, 6) is 2.11. The average Bonchev–Trinajstić information content (AvgIpc) is 2.44. The summed E-state index contributed by atoms with van der Waals surface area (Å²) in [7, 11) is 1.81.